The molecule has 0 aliphatic heterocycles. The minimum atomic E-state index is -0.634. The molecule has 0 fully saturated rings. The summed E-state index contributed by atoms with van der Waals surface area (Å²) in [5.74, 6) is -0.480. The van der Waals surface area contributed by atoms with Crippen LogP contribution < -0.4 is 10.1 Å². The van der Waals surface area contributed by atoms with Crippen LogP contribution in [-0.2, 0) is 14.3 Å². The third-order valence-corrected chi connectivity index (χ3v) is 3.58. The maximum absolute atomic E-state index is 11.8. The molecule has 0 bridgehead atoms. The molecule has 0 saturated carbocycles. The fourth-order valence-corrected chi connectivity index (χ4v) is 2.58. The van der Waals surface area contributed by atoms with Crippen LogP contribution in [0.4, 0.5) is 5.69 Å². The number of aryl methyl sites for hydroxylation is 3. The first kappa shape index (κ1) is 19.0. The van der Waals surface area contributed by atoms with E-state index in [1.807, 2.05) is 39.0 Å². The molecule has 0 aromatic heterocycles. The van der Waals surface area contributed by atoms with E-state index in [-0.39, 0.29) is 6.61 Å². The molecule has 0 aliphatic carbocycles. The Kier molecular flexibility index (Phi) is 6.34. The molecule has 134 valence electrons. The molecule has 6 heteroatoms. The monoisotopic (exact) mass is 352 g/mol. The predicted octanol–water partition coefficient (Wildman–Crippen LogP) is 3.04. The van der Waals surface area contributed by atoms with Crippen molar-refractivity contribution in [1.82, 2.24) is 0 Å². The van der Waals surface area contributed by atoms with E-state index in [1.165, 1.54) is 6.07 Å². The molecule has 6 nitrogen and oxygen atoms in total. The Balaban J connectivity index is 1.81. The Labute approximate surface area is 152 Å². The molecule has 26 heavy (non-hydrogen) atoms. The molecule has 0 radical (unpaired) electrons. The van der Waals surface area contributed by atoms with Crippen LogP contribution in [0.5, 0.6) is 5.75 Å². The third kappa shape index (κ3) is 5.35. The number of ether oxygens (including phenoxy) is 2. The van der Waals surface area contributed by atoms with Gasteiger partial charge in [0.25, 0.3) is 5.91 Å². The SMILES string of the molecule is Cc1cc(C)c(OCC(=O)OCC(=O)Nc2cccc(C#N)c2)c(C)c1. The highest BCUT2D eigenvalue weighted by atomic mass is 16.6. The van der Waals surface area contributed by atoms with Gasteiger partial charge in [-0.15, -0.1) is 0 Å². The fraction of sp³-hybridized carbons (Fsp3) is 0.250. The standard InChI is InChI=1S/C20H20N2O4/c1-13-7-14(2)20(15(3)8-13)26-12-19(24)25-11-18(23)22-17-6-4-5-16(9-17)10-21/h4-9H,11-12H2,1-3H3,(H,22,23). The van der Waals surface area contributed by atoms with Gasteiger partial charge >= 0.3 is 5.97 Å². The Bertz CT molecular complexity index is 845. The first-order valence-corrected chi connectivity index (χ1v) is 8.05. The molecular formula is C20H20N2O4. The van der Waals surface area contributed by atoms with Gasteiger partial charge in [0.05, 0.1) is 11.6 Å². The molecule has 0 saturated heterocycles. The number of hydrogen-bond acceptors (Lipinski definition) is 5. The first-order chi connectivity index (χ1) is 12.4. The Hall–Kier alpha value is -3.33. The average molecular weight is 352 g/mol. The van der Waals surface area contributed by atoms with Crippen molar-refractivity contribution in [3.05, 3.63) is 58.7 Å². The van der Waals surface area contributed by atoms with Gasteiger partial charge in [0.15, 0.2) is 13.2 Å². The largest absolute Gasteiger partial charge is 0.481 e. The van der Waals surface area contributed by atoms with Crippen LogP contribution in [0.25, 0.3) is 0 Å². The predicted molar refractivity (Wildman–Crippen MR) is 96.9 cm³/mol. The molecule has 0 unspecified atom stereocenters. The summed E-state index contributed by atoms with van der Waals surface area (Å²) in [6.45, 7) is 5.10. The smallest absolute Gasteiger partial charge is 0.344 e. The quantitative estimate of drug-likeness (QED) is 0.807. The highest BCUT2D eigenvalue weighted by Gasteiger charge is 2.11. The van der Waals surface area contributed by atoms with Crippen molar-refractivity contribution < 1.29 is 19.1 Å². The molecule has 0 spiro atoms. The fourth-order valence-electron chi connectivity index (χ4n) is 2.58. The Morgan fingerprint density at radius 3 is 2.42 bits per heavy atom. The van der Waals surface area contributed by atoms with Crippen molar-refractivity contribution in [2.24, 2.45) is 0 Å². The first-order valence-electron chi connectivity index (χ1n) is 8.05. The molecule has 2 aromatic rings. The second-order valence-electron chi connectivity index (χ2n) is 5.92. The van der Waals surface area contributed by atoms with Gasteiger partial charge in [-0.2, -0.15) is 5.26 Å². The lowest BCUT2D eigenvalue weighted by molar-refractivity contribution is -0.149. The minimum Gasteiger partial charge on any atom is -0.481 e. The number of benzene rings is 2. The zero-order chi connectivity index (χ0) is 19.1. The maximum Gasteiger partial charge on any atom is 0.344 e. The third-order valence-electron chi connectivity index (χ3n) is 3.58. The molecule has 0 heterocycles. The van der Waals surface area contributed by atoms with Crippen molar-refractivity contribution >= 4 is 17.6 Å². The maximum atomic E-state index is 11.8. The van der Waals surface area contributed by atoms with Crippen molar-refractivity contribution in [3.8, 4) is 11.8 Å². The van der Waals surface area contributed by atoms with E-state index in [4.69, 9.17) is 14.7 Å². The number of anilines is 1. The van der Waals surface area contributed by atoms with E-state index in [0.717, 1.165) is 16.7 Å². The highest BCUT2D eigenvalue weighted by molar-refractivity contribution is 5.93. The van der Waals surface area contributed by atoms with E-state index in [9.17, 15) is 9.59 Å². The normalized spacial score (nSPS) is 9.92. The van der Waals surface area contributed by atoms with Crippen molar-refractivity contribution in [2.75, 3.05) is 18.5 Å². The summed E-state index contributed by atoms with van der Waals surface area (Å²) in [4.78, 5) is 23.6. The van der Waals surface area contributed by atoms with Crippen LogP contribution in [0.2, 0.25) is 0 Å². The van der Waals surface area contributed by atoms with Crippen molar-refractivity contribution in [3.63, 3.8) is 0 Å². The molecule has 2 aromatic carbocycles. The summed E-state index contributed by atoms with van der Waals surface area (Å²) >= 11 is 0. The molecule has 1 amide bonds. The van der Waals surface area contributed by atoms with E-state index >= 15 is 0 Å². The zero-order valence-corrected chi connectivity index (χ0v) is 15.0. The minimum absolute atomic E-state index is 0.276. The van der Waals surface area contributed by atoms with Gasteiger partial charge in [-0.25, -0.2) is 4.79 Å². The summed E-state index contributed by atoms with van der Waals surface area (Å²) in [5.41, 5.74) is 3.88. The summed E-state index contributed by atoms with van der Waals surface area (Å²) in [6.07, 6.45) is 0. The van der Waals surface area contributed by atoms with Gasteiger partial charge < -0.3 is 14.8 Å². The molecule has 0 aliphatic rings. The second kappa shape index (κ2) is 8.67. The zero-order valence-electron chi connectivity index (χ0n) is 15.0. The van der Waals surface area contributed by atoms with Crippen LogP contribution in [0.1, 0.15) is 22.3 Å². The second-order valence-corrected chi connectivity index (χ2v) is 5.92. The van der Waals surface area contributed by atoms with Crippen LogP contribution in [0, 0.1) is 32.1 Å². The summed E-state index contributed by atoms with van der Waals surface area (Å²) in [5, 5.41) is 11.4. The van der Waals surface area contributed by atoms with Crippen LogP contribution in [-0.4, -0.2) is 25.1 Å². The number of carbonyl (C=O) groups is 2. The Morgan fingerprint density at radius 2 is 1.77 bits per heavy atom. The number of hydrogen-bond donors (Lipinski definition) is 1. The van der Waals surface area contributed by atoms with Gasteiger partial charge in [0.1, 0.15) is 5.75 Å². The number of nitrogens with zero attached hydrogens (tertiary/aromatic N) is 1. The highest BCUT2D eigenvalue weighted by Crippen LogP contribution is 2.24. The lowest BCUT2D eigenvalue weighted by Gasteiger charge is -2.12. The van der Waals surface area contributed by atoms with Crippen LogP contribution in [0.3, 0.4) is 0 Å². The number of nitriles is 1. The average Bonchev–Trinajstić information content (AvgIpc) is 2.59. The number of esters is 1. The lowest BCUT2D eigenvalue weighted by Crippen LogP contribution is -2.23. The van der Waals surface area contributed by atoms with E-state index < -0.39 is 18.5 Å². The summed E-state index contributed by atoms with van der Waals surface area (Å²) in [6, 6.07) is 12.4. The molecule has 2 rings (SSSR count). The van der Waals surface area contributed by atoms with Gasteiger partial charge in [-0.1, -0.05) is 23.8 Å². The summed E-state index contributed by atoms with van der Waals surface area (Å²) < 4.78 is 10.4. The van der Waals surface area contributed by atoms with E-state index in [1.54, 1.807) is 18.2 Å². The van der Waals surface area contributed by atoms with Gasteiger partial charge in [-0.3, -0.25) is 4.79 Å². The molecular weight excluding hydrogens is 332 g/mol. The number of amides is 1. The molecule has 0 atom stereocenters. The van der Waals surface area contributed by atoms with E-state index in [2.05, 4.69) is 5.32 Å². The van der Waals surface area contributed by atoms with Crippen molar-refractivity contribution in [2.45, 2.75) is 20.8 Å². The topological polar surface area (TPSA) is 88.4 Å². The lowest BCUT2D eigenvalue weighted by atomic mass is 10.1. The van der Waals surface area contributed by atoms with Crippen LogP contribution >= 0.6 is 0 Å². The van der Waals surface area contributed by atoms with Gasteiger partial charge in [0, 0.05) is 5.69 Å². The number of carbonyl (C=O) groups excluding carboxylic acids is 2. The number of nitrogens with one attached hydrogen (secondary N) is 1. The van der Waals surface area contributed by atoms with Gasteiger partial charge in [-0.05, 0) is 50.1 Å². The molecule has 1 N–H and O–H groups in total. The number of rotatable bonds is 6. The van der Waals surface area contributed by atoms with Crippen molar-refractivity contribution in [1.29, 1.82) is 5.26 Å². The Morgan fingerprint density at radius 1 is 1.08 bits per heavy atom. The van der Waals surface area contributed by atoms with E-state index in [0.29, 0.717) is 17.0 Å². The van der Waals surface area contributed by atoms with Gasteiger partial charge in [0.2, 0.25) is 0 Å². The summed E-state index contributed by atoms with van der Waals surface area (Å²) in [7, 11) is 0. The van der Waals surface area contributed by atoms with Crippen LogP contribution in [0.15, 0.2) is 36.4 Å².